The minimum Gasteiger partial charge on any atom is -0.466 e. The van der Waals surface area contributed by atoms with Gasteiger partial charge in [-0.05, 0) is 6.92 Å². The van der Waals surface area contributed by atoms with E-state index in [1.807, 2.05) is 0 Å². The number of nitrogens with two attached hydrogens (primary N) is 1. The van der Waals surface area contributed by atoms with E-state index in [2.05, 4.69) is 9.73 Å². The standard InChI is InChI=1S/C9H16N2O3/c1-7(12)6-9(10)11-4-3-5-14-8(2)13/h3-6H2,1-2H3,(H2,10,11). The first-order chi connectivity index (χ1) is 6.52. The zero-order valence-electron chi connectivity index (χ0n) is 8.58. The van der Waals surface area contributed by atoms with Gasteiger partial charge in [0.05, 0.1) is 13.0 Å². The molecule has 2 N–H and O–H groups in total. The average molecular weight is 200 g/mol. The van der Waals surface area contributed by atoms with Crippen molar-refractivity contribution in [3.05, 3.63) is 0 Å². The molecule has 0 rings (SSSR count). The largest absolute Gasteiger partial charge is 0.466 e. The number of carbonyl (C=O) groups excluding carboxylic acids is 2. The maximum atomic E-state index is 10.6. The van der Waals surface area contributed by atoms with Crippen molar-refractivity contribution in [2.75, 3.05) is 13.2 Å². The molecular weight excluding hydrogens is 184 g/mol. The Kier molecular flexibility index (Phi) is 6.36. The van der Waals surface area contributed by atoms with E-state index in [0.717, 1.165) is 0 Å². The van der Waals surface area contributed by atoms with Crippen molar-refractivity contribution in [2.45, 2.75) is 26.7 Å². The fourth-order valence-electron chi connectivity index (χ4n) is 0.814. The van der Waals surface area contributed by atoms with Crippen LogP contribution in [0.1, 0.15) is 26.7 Å². The Balaban J connectivity index is 3.50. The molecule has 0 aromatic rings. The van der Waals surface area contributed by atoms with Gasteiger partial charge < -0.3 is 10.5 Å². The van der Waals surface area contributed by atoms with E-state index in [-0.39, 0.29) is 18.2 Å². The molecule has 0 spiro atoms. The number of carbonyl (C=O) groups is 2. The summed E-state index contributed by atoms with van der Waals surface area (Å²) < 4.78 is 4.69. The Labute approximate surface area is 83.3 Å². The maximum absolute atomic E-state index is 10.6. The van der Waals surface area contributed by atoms with Gasteiger partial charge in [0.15, 0.2) is 0 Å². The van der Waals surface area contributed by atoms with Gasteiger partial charge in [0.25, 0.3) is 0 Å². The normalized spacial score (nSPS) is 11.1. The Hall–Kier alpha value is -1.39. The minimum absolute atomic E-state index is 0.00811. The topological polar surface area (TPSA) is 81.8 Å². The number of ketones is 1. The van der Waals surface area contributed by atoms with E-state index < -0.39 is 0 Å². The maximum Gasteiger partial charge on any atom is 0.302 e. The Morgan fingerprint density at radius 3 is 2.50 bits per heavy atom. The minimum atomic E-state index is -0.300. The van der Waals surface area contributed by atoms with Gasteiger partial charge in [-0.2, -0.15) is 0 Å². The lowest BCUT2D eigenvalue weighted by molar-refractivity contribution is -0.141. The molecule has 0 saturated carbocycles. The second kappa shape index (κ2) is 7.06. The molecule has 0 fully saturated rings. The van der Waals surface area contributed by atoms with Crippen LogP contribution in [0.15, 0.2) is 4.99 Å². The Bertz CT molecular complexity index is 236. The molecule has 14 heavy (non-hydrogen) atoms. The van der Waals surface area contributed by atoms with Gasteiger partial charge in [-0.25, -0.2) is 0 Å². The highest BCUT2D eigenvalue weighted by molar-refractivity contribution is 5.98. The summed E-state index contributed by atoms with van der Waals surface area (Å²) in [5, 5.41) is 0. The van der Waals surface area contributed by atoms with Gasteiger partial charge in [0.2, 0.25) is 0 Å². The number of nitrogens with zero attached hydrogens (tertiary/aromatic N) is 1. The predicted octanol–water partition coefficient (Wildman–Crippen LogP) is 0.276. The molecule has 0 saturated heterocycles. The summed E-state index contributed by atoms with van der Waals surface area (Å²) in [7, 11) is 0. The molecule has 0 heterocycles. The smallest absolute Gasteiger partial charge is 0.302 e. The van der Waals surface area contributed by atoms with Crippen LogP contribution in [-0.4, -0.2) is 30.7 Å². The number of esters is 1. The van der Waals surface area contributed by atoms with Crippen molar-refractivity contribution in [3.8, 4) is 0 Å². The van der Waals surface area contributed by atoms with Crippen molar-refractivity contribution in [1.82, 2.24) is 0 Å². The molecule has 0 aromatic heterocycles. The number of Topliss-reactive ketones (excluding diaryl/α,β-unsaturated/α-hetero) is 1. The van der Waals surface area contributed by atoms with E-state index >= 15 is 0 Å². The van der Waals surface area contributed by atoms with Crippen LogP contribution < -0.4 is 5.73 Å². The van der Waals surface area contributed by atoms with Gasteiger partial charge in [-0.1, -0.05) is 0 Å². The van der Waals surface area contributed by atoms with Crippen LogP contribution in [0.2, 0.25) is 0 Å². The average Bonchev–Trinajstić information content (AvgIpc) is 2.01. The quantitative estimate of drug-likeness (QED) is 0.289. The Morgan fingerprint density at radius 2 is 2.00 bits per heavy atom. The van der Waals surface area contributed by atoms with Gasteiger partial charge in [-0.3, -0.25) is 14.6 Å². The molecule has 5 nitrogen and oxygen atoms in total. The van der Waals surface area contributed by atoms with Crippen LogP contribution in [-0.2, 0) is 14.3 Å². The lowest BCUT2D eigenvalue weighted by Crippen LogP contribution is -2.16. The molecule has 80 valence electrons. The summed E-state index contributed by atoms with van der Waals surface area (Å²) in [6.45, 7) is 3.63. The SMILES string of the molecule is CC(=O)CC(N)=NCCCOC(C)=O. The second-order valence-corrected chi connectivity index (χ2v) is 2.95. The molecule has 0 aliphatic heterocycles. The highest BCUT2D eigenvalue weighted by Crippen LogP contribution is 1.88. The summed E-state index contributed by atoms with van der Waals surface area (Å²) in [5.74, 6) is 0.0252. The summed E-state index contributed by atoms with van der Waals surface area (Å²) in [6.07, 6.45) is 0.811. The number of amidine groups is 1. The molecule has 0 aliphatic carbocycles. The third kappa shape index (κ3) is 8.70. The van der Waals surface area contributed by atoms with Crippen LogP contribution >= 0.6 is 0 Å². The summed E-state index contributed by atoms with van der Waals surface area (Å²) in [6, 6.07) is 0. The van der Waals surface area contributed by atoms with Crippen LogP contribution in [0.25, 0.3) is 0 Å². The van der Waals surface area contributed by atoms with E-state index in [4.69, 9.17) is 5.73 Å². The van der Waals surface area contributed by atoms with Crippen molar-refractivity contribution < 1.29 is 14.3 Å². The van der Waals surface area contributed by atoms with Gasteiger partial charge in [-0.15, -0.1) is 0 Å². The number of hydrogen-bond acceptors (Lipinski definition) is 4. The number of ether oxygens (including phenoxy) is 1. The van der Waals surface area contributed by atoms with Gasteiger partial charge in [0, 0.05) is 19.9 Å². The highest BCUT2D eigenvalue weighted by atomic mass is 16.5. The van der Waals surface area contributed by atoms with E-state index in [9.17, 15) is 9.59 Å². The second-order valence-electron chi connectivity index (χ2n) is 2.95. The number of hydrogen-bond donors (Lipinski definition) is 1. The van der Waals surface area contributed by atoms with Crippen LogP contribution in [0.4, 0.5) is 0 Å². The number of aliphatic imine (C=N–C) groups is 1. The van der Waals surface area contributed by atoms with Crippen LogP contribution in [0.3, 0.4) is 0 Å². The molecule has 0 bridgehead atoms. The first-order valence-corrected chi connectivity index (χ1v) is 4.44. The third-order valence-electron chi connectivity index (χ3n) is 1.35. The van der Waals surface area contributed by atoms with Crippen LogP contribution in [0.5, 0.6) is 0 Å². The lowest BCUT2D eigenvalue weighted by Gasteiger charge is -2.00. The molecule has 0 aromatic carbocycles. The monoisotopic (exact) mass is 200 g/mol. The summed E-state index contributed by atoms with van der Waals surface area (Å²) >= 11 is 0. The molecule has 0 radical (unpaired) electrons. The molecule has 0 aliphatic rings. The zero-order valence-corrected chi connectivity index (χ0v) is 8.58. The highest BCUT2D eigenvalue weighted by Gasteiger charge is 1.97. The van der Waals surface area contributed by atoms with Crippen molar-refractivity contribution >= 4 is 17.6 Å². The summed E-state index contributed by atoms with van der Waals surface area (Å²) in [5.41, 5.74) is 5.44. The molecule has 0 unspecified atom stereocenters. The summed E-state index contributed by atoms with van der Waals surface area (Å²) in [4.78, 5) is 24.9. The van der Waals surface area contributed by atoms with Crippen molar-refractivity contribution in [2.24, 2.45) is 10.7 Å². The van der Waals surface area contributed by atoms with Gasteiger partial charge in [0.1, 0.15) is 11.6 Å². The van der Waals surface area contributed by atoms with E-state index in [1.165, 1.54) is 13.8 Å². The molecule has 0 amide bonds. The molecule has 5 heteroatoms. The third-order valence-corrected chi connectivity index (χ3v) is 1.35. The predicted molar refractivity (Wildman–Crippen MR) is 53.0 cm³/mol. The Morgan fingerprint density at radius 1 is 1.36 bits per heavy atom. The van der Waals surface area contributed by atoms with E-state index in [0.29, 0.717) is 25.4 Å². The van der Waals surface area contributed by atoms with Gasteiger partial charge >= 0.3 is 5.97 Å². The lowest BCUT2D eigenvalue weighted by atomic mass is 10.3. The van der Waals surface area contributed by atoms with Crippen molar-refractivity contribution in [1.29, 1.82) is 0 Å². The number of rotatable bonds is 6. The fourth-order valence-corrected chi connectivity index (χ4v) is 0.814. The van der Waals surface area contributed by atoms with Crippen molar-refractivity contribution in [3.63, 3.8) is 0 Å². The fraction of sp³-hybridized carbons (Fsp3) is 0.667. The van der Waals surface area contributed by atoms with Crippen LogP contribution in [0, 0.1) is 0 Å². The first kappa shape index (κ1) is 12.6. The van der Waals surface area contributed by atoms with E-state index in [1.54, 1.807) is 0 Å². The molecular formula is C9H16N2O3. The zero-order chi connectivity index (χ0) is 11.0. The first-order valence-electron chi connectivity index (χ1n) is 4.44. The molecule has 0 atom stereocenters.